The van der Waals surface area contributed by atoms with E-state index in [1.165, 1.54) is 6.08 Å². The first-order valence-electron chi connectivity index (χ1n) is 5.56. The first kappa shape index (κ1) is 13.0. The second kappa shape index (κ2) is 7.28. The molecule has 3 heteroatoms. The summed E-state index contributed by atoms with van der Waals surface area (Å²) in [7, 11) is 0. The van der Waals surface area contributed by atoms with Crippen molar-refractivity contribution < 1.29 is 9.53 Å². The Bertz CT molecular complexity index is 393. The molecule has 0 spiro atoms. The van der Waals surface area contributed by atoms with E-state index in [1.54, 1.807) is 12.2 Å². The number of carbonyl (C=O) groups excluding carboxylic acids is 1. The zero-order valence-electron chi connectivity index (χ0n) is 9.98. The molecule has 1 amide bonds. The lowest BCUT2D eigenvalue weighted by molar-refractivity contribution is -0.116. The van der Waals surface area contributed by atoms with Crippen molar-refractivity contribution in [3.63, 3.8) is 0 Å². The van der Waals surface area contributed by atoms with Crippen LogP contribution >= 0.6 is 0 Å². The van der Waals surface area contributed by atoms with Gasteiger partial charge in [0.15, 0.2) is 0 Å². The molecule has 0 bridgehead atoms. The van der Waals surface area contributed by atoms with E-state index < -0.39 is 0 Å². The van der Waals surface area contributed by atoms with Crippen LogP contribution in [-0.2, 0) is 4.79 Å². The maximum absolute atomic E-state index is 11.2. The summed E-state index contributed by atoms with van der Waals surface area (Å²) in [4.78, 5) is 11.2. The van der Waals surface area contributed by atoms with E-state index in [4.69, 9.17) is 4.74 Å². The van der Waals surface area contributed by atoms with Gasteiger partial charge in [-0.3, -0.25) is 4.79 Å². The summed E-state index contributed by atoms with van der Waals surface area (Å²) in [6.45, 7) is 6.60. The van der Waals surface area contributed by atoms with E-state index in [0.29, 0.717) is 13.2 Å². The van der Waals surface area contributed by atoms with Gasteiger partial charge in [-0.2, -0.15) is 0 Å². The standard InChI is InChI=1S/C14H17NO2/c1-3-11-17-13-8-5-12(6-9-13)7-10-14(16)15-4-2/h3,5-10H,1,4,11H2,2H3,(H,15,16)/b10-7+. The minimum Gasteiger partial charge on any atom is -0.490 e. The average Bonchev–Trinajstić information content (AvgIpc) is 2.35. The zero-order valence-corrected chi connectivity index (χ0v) is 9.98. The van der Waals surface area contributed by atoms with Gasteiger partial charge in [-0.25, -0.2) is 0 Å². The van der Waals surface area contributed by atoms with Gasteiger partial charge in [0.05, 0.1) is 0 Å². The fourth-order valence-corrected chi connectivity index (χ4v) is 1.24. The molecule has 1 rings (SSSR count). The van der Waals surface area contributed by atoms with Crippen LogP contribution in [0.4, 0.5) is 0 Å². The number of carbonyl (C=O) groups is 1. The summed E-state index contributed by atoms with van der Waals surface area (Å²) >= 11 is 0. The van der Waals surface area contributed by atoms with Crippen LogP contribution in [0.25, 0.3) is 6.08 Å². The van der Waals surface area contributed by atoms with Gasteiger partial charge in [0.2, 0.25) is 5.91 Å². The van der Waals surface area contributed by atoms with E-state index >= 15 is 0 Å². The molecule has 0 aliphatic heterocycles. The van der Waals surface area contributed by atoms with Gasteiger partial charge < -0.3 is 10.1 Å². The van der Waals surface area contributed by atoms with Crippen molar-refractivity contribution in [2.24, 2.45) is 0 Å². The summed E-state index contributed by atoms with van der Waals surface area (Å²) in [5.74, 6) is 0.708. The Kier molecular flexibility index (Phi) is 5.58. The van der Waals surface area contributed by atoms with Crippen LogP contribution in [0.3, 0.4) is 0 Å². The Balaban J connectivity index is 2.55. The highest BCUT2D eigenvalue weighted by Crippen LogP contribution is 2.13. The fraction of sp³-hybridized carbons (Fsp3) is 0.214. The highest BCUT2D eigenvalue weighted by Gasteiger charge is 1.94. The molecule has 0 atom stereocenters. The number of likely N-dealkylation sites (N-methyl/N-ethyl adjacent to an activating group) is 1. The number of rotatable bonds is 6. The summed E-state index contributed by atoms with van der Waals surface area (Å²) in [6, 6.07) is 7.52. The maximum Gasteiger partial charge on any atom is 0.243 e. The van der Waals surface area contributed by atoms with Crippen molar-refractivity contribution >= 4 is 12.0 Å². The smallest absolute Gasteiger partial charge is 0.243 e. The highest BCUT2D eigenvalue weighted by atomic mass is 16.5. The topological polar surface area (TPSA) is 38.3 Å². The number of ether oxygens (including phenoxy) is 1. The predicted molar refractivity (Wildman–Crippen MR) is 69.9 cm³/mol. The Morgan fingerprint density at radius 3 is 2.71 bits per heavy atom. The van der Waals surface area contributed by atoms with Crippen LogP contribution in [0.15, 0.2) is 43.0 Å². The third kappa shape index (κ3) is 5.02. The number of amides is 1. The van der Waals surface area contributed by atoms with Crippen LogP contribution in [0.1, 0.15) is 12.5 Å². The molecule has 0 aliphatic carbocycles. The summed E-state index contributed by atoms with van der Waals surface area (Å²) in [5, 5.41) is 2.69. The largest absolute Gasteiger partial charge is 0.490 e. The molecule has 1 aromatic rings. The molecule has 0 radical (unpaired) electrons. The quantitative estimate of drug-likeness (QED) is 0.603. The summed E-state index contributed by atoms with van der Waals surface area (Å²) < 4.78 is 5.35. The van der Waals surface area contributed by atoms with Gasteiger partial charge in [-0.05, 0) is 30.7 Å². The molecule has 0 unspecified atom stereocenters. The zero-order chi connectivity index (χ0) is 12.5. The van der Waals surface area contributed by atoms with Crippen molar-refractivity contribution in [1.82, 2.24) is 5.32 Å². The predicted octanol–water partition coefficient (Wildman–Crippen LogP) is 2.40. The molecule has 0 aromatic heterocycles. The van der Waals surface area contributed by atoms with Gasteiger partial charge in [-0.15, -0.1) is 0 Å². The summed E-state index contributed by atoms with van der Waals surface area (Å²) in [6.07, 6.45) is 4.98. The number of benzene rings is 1. The summed E-state index contributed by atoms with van der Waals surface area (Å²) in [5.41, 5.74) is 0.960. The molecule has 3 nitrogen and oxygen atoms in total. The minimum atomic E-state index is -0.0838. The number of hydrogen-bond donors (Lipinski definition) is 1. The average molecular weight is 231 g/mol. The monoisotopic (exact) mass is 231 g/mol. The lowest BCUT2D eigenvalue weighted by atomic mass is 10.2. The molecular weight excluding hydrogens is 214 g/mol. The van der Waals surface area contributed by atoms with E-state index in [2.05, 4.69) is 11.9 Å². The molecule has 0 aliphatic rings. The van der Waals surface area contributed by atoms with Crippen molar-refractivity contribution in [3.8, 4) is 5.75 Å². The second-order valence-electron chi connectivity index (χ2n) is 3.40. The first-order valence-corrected chi connectivity index (χ1v) is 5.56. The normalized spacial score (nSPS) is 10.2. The highest BCUT2D eigenvalue weighted by molar-refractivity contribution is 5.91. The molecule has 1 aromatic carbocycles. The fourth-order valence-electron chi connectivity index (χ4n) is 1.24. The van der Waals surface area contributed by atoms with Crippen LogP contribution in [0.5, 0.6) is 5.75 Å². The van der Waals surface area contributed by atoms with Gasteiger partial charge in [-0.1, -0.05) is 24.8 Å². The molecule has 0 heterocycles. The van der Waals surface area contributed by atoms with Gasteiger partial charge in [0.1, 0.15) is 12.4 Å². The second-order valence-corrected chi connectivity index (χ2v) is 3.40. The van der Waals surface area contributed by atoms with Crippen molar-refractivity contribution in [3.05, 3.63) is 48.6 Å². The van der Waals surface area contributed by atoms with E-state index in [9.17, 15) is 4.79 Å². The van der Waals surface area contributed by atoms with Crippen molar-refractivity contribution in [2.75, 3.05) is 13.2 Å². The number of nitrogens with one attached hydrogen (secondary N) is 1. The van der Waals surface area contributed by atoms with Gasteiger partial charge in [0, 0.05) is 12.6 Å². The van der Waals surface area contributed by atoms with E-state index in [0.717, 1.165) is 11.3 Å². The Morgan fingerprint density at radius 1 is 1.41 bits per heavy atom. The van der Waals surface area contributed by atoms with Crippen LogP contribution in [-0.4, -0.2) is 19.1 Å². The third-order valence-corrected chi connectivity index (χ3v) is 2.03. The molecule has 90 valence electrons. The van der Waals surface area contributed by atoms with Crippen LogP contribution in [0.2, 0.25) is 0 Å². The van der Waals surface area contributed by atoms with E-state index in [-0.39, 0.29) is 5.91 Å². The van der Waals surface area contributed by atoms with Gasteiger partial charge in [0.25, 0.3) is 0 Å². The van der Waals surface area contributed by atoms with E-state index in [1.807, 2.05) is 31.2 Å². The molecule has 17 heavy (non-hydrogen) atoms. The lowest BCUT2D eigenvalue weighted by Crippen LogP contribution is -2.19. The Hall–Kier alpha value is -2.03. The molecule has 0 saturated carbocycles. The van der Waals surface area contributed by atoms with Gasteiger partial charge >= 0.3 is 0 Å². The van der Waals surface area contributed by atoms with Crippen molar-refractivity contribution in [1.29, 1.82) is 0 Å². The lowest BCUT2D eigenvalue weighted by Gasteiger charge is -2.02. The molecule has 0 saturated heterocycles. The maximum atomic E-state index is 11.2. The first-order chi connectivity index (χ1) is 8.26. The molecular formula is C14H17NO2. The molecule has 1 N–H and O–H groups in total. The SMILES string of the molecule is C=CCOc1ccc(/C=C/C(=O)NCC)cc1. The van der Waals surface area contributed by atoms with Crippen LogP contribution < -0.4 is 10.1 Å². The van der Waals surface area contributed by atoms with Crippen LogP contribution in [0, 0.1) is 0 Å². The minimum absolute atomic E-state index is 0.0838. The van der Waals surface area contributed by atoms with Crippen molar-refractivity contribution in [2.45, 2.75) is 6.92 Å². The Labute approximate surface area is 102 Å². The molecule has 0 fully saturated rings. The Morgan fingerprint density at radius 2 is 2.12 bits per heavy atom. The third-order valence-electron chi connectivity index (χ3n) is 2.03. The number of hydrogen-bond acceptors (Lipinski definition) is 2.